The largest absolute Gasteiger partial charge is 2.00 e. The first-order chi connectivity index (χ1) is 20.6. The second kappa shape index (κ2) is 36.5. The Morgan fingerprint density at radius 1 is 0.458 bits per heavy atom. The molecule has 2 aliphatic heterocycles. The molecule has 298 valence electrons. The van der Waals surface area contributed by atoms with Crippen LogP contribution in [0.5, 0.6) is 0 Å². The number of aliphatic imine (C=N–C) groups is 2. The van der Waals surface area contributed by atoms with Crippen LogP contribution >= 0.6 is 0 Å². The van der Waals surface area contributed by atoms with Crippen molar-refractivity contribution in [3.63, 3.8) is 0 Å². The van der Waals surface area contributed by atoms with Crippen molar-refractivity contribution in [1.29, 1.82) is 0 Å². The van der Waals surface area contributed by atoms with Crippen LogP contribution in [-0.2, 0) is 34.1 Å². The molecule has 0 saturated carbocycles. The molecular weight excluding hydrogens is 826 g/mol. The minimum Gasteiger partial charge on any atom is -0.870 e. The first-order valence-corrected chi connectivity index (χ1v) is 16.5. The van der Waals surface area contributed by atoms with Crippen LogP contribution in [0.25, 0.3) is 0 Å². The number of hydrogen-bond acceptors (Lipinski definition) is 21. The standard InChI is InChI=1S/2C9H22N6.3ClHO4.2Cu.H2O/c2*10-9(11)14-5-8-15-6-3-12-1-2-13-4-7-15;3*2-1(3,4)5;;;/h2*12-13H,1-8H2,(H4,10,11,14);3*(H,2,3,4,5);;;1H2/q;;;;;2*+2;/p-4. The quantitative estimate of drug-likeness (QED) is 0.0698. The van der Waals surface area contributed by atoms with Gasteiger partial charge in [0.05, 0.1) is 13.1 Å². The predicted molar refractivity (Wildman–Crippen MR) is 128 cm³/mol. The zero-order chi connectivity index (χ0) is 35.4. The Hall–Kier alpha value is -0.311. The summed E-state index contributed by atoms with van der Waals surface area (Å²) in [5.41, 5.74) is 21.1. The van der Waals surface area contributed by atoms with Crippen LogP contribution in [0.4, 0.5) is 0 Å². The number of hydrogen-bond donors (Lipinski definition) is 8. The molecule has 0 unspecified atom stereocenters. The first kappa shape index (κ1) is 59.8. The summed E-state index contributed by atoms with van der Waals surface area (Å²) >= 11 is 0. The van der Waals surface area contributed by atoms with Gasteiger partial charge in [0, 0.05) is 91.6 Å². The van der Waals surface area contributed by atoms with E-state index in [1.165, 1.54) is 0 Å². The van der Waals surface area contributed by atoms with Crippen molar-refractivity contribution in [3.05, 3.63) is 0 Å². The van der Waals surface area contributed by atoms with Crippen molar-refractivity contribution in [3.8, 4) is 0 Å². The van der Waals surface area contributed by atoms with Gasteiger partial charge in [-0.1, -0.05) is 0 Å². The summed E-state index contributed by atoms with van der Waals surface area (Å²) < 4.78 is 102. The Balaban J connectivity index is -0.000000125. The number of guanidine groups is 2. The van der Waals surface area contributed by atoms with Crippen molar-refractivity contribution in [1.82, 2.24) is 31.1 Å². The molecule has 2 heterocycles. The van der Waals surface area contributed by atoms with Crippen LogP contribution in [0, 0.1) is 30.7 Å². The molecule has 2 radical (unpaired) electrons. The van der Waals surface area contributed by atoms with Crippen LogP contribution < -0.4 is 100 Å². The number of rotatable bonds is 6. The van der Waals surface area contributed by atoms with E-state index in [1.54, 1.807) is 0 Å². The predicted octanol–water partition coefficient (Wildman–Crippen LogP) is -18.9. The Morgan fingerprint density at radius 3 is 0.812 bits per heavy atom. The zero-order valence-electron chi connectivity index (χ0n) is 25.5. The molecule has 0 aromatic carbocycles. The molecule has 0 amide bonds. The molecule has 2 aliphatic rings. The van der Waals surface area contributed by atoms with E-state index < -0.39 is 30.7 Å². The normalized spacial score (nSPS) is 16.2. The van der Waals surface area contributed by atoms with Crippen molar-refractivity contribution in [2.45, 2.75) is 0 Å². The van der Waals surface area contributed by atoms with Crippen LogP contribution in [0.1, 0.15) is 0 Å². The molecule has 0 spiro atoms. The fraction of sp³-hybridized carbons (Fsp3) is 0.889. The fourth-order valence-corrected chi connectivity index (χ4v) is 3.11. The summed E-state index contributed by atoms with van der Waals surface area (Å²) in [6.45, 7) is 15.7. The average molecular weight is 871 g/mol. The Labute approximate surface area is 305 Å². The second-order valence-corrected chi connectivity index (χ2v) is 10.7. The van der Waals surface area contributed by atoms with Crippen molar-refractivity contribution in [2.75, 3.05) is 105 Å². The Kier molecular flexibility index (Phi) is 45.5. The summed E-state index contributed by atoms with van der Waals surface area (Å²) in [6, 6.07) is 0. The van der Waals surface area contributed by atoms with Gasteiger partial charge >= 0.3 is 34.1 Å². The molecule has 13 N–H and O–H groups in total. The maximum Gasteiger partial charge on any atom is 2.00 e. The molecule has 0 aromatic heterocycles. The molecule has 0 atom stereocenters. The third-order valence-electron chi connectivity index (χ3n) is 4.80. The average Bonchev–Trinajstić information content (AvgIpc) is 3.05. The minimum absolute atomic E-state index is 0. The molecule has 0 aliphatic carbocycles. The van der Waals surface area contributed by atoms with Gasteiger partial charge in [-0.3, -0.25) is 19.8 Å². The van der Waals surface area contributed by atoms with E-state index in [4.69, 9.17) is 78.8 Å². The van der Waals surface area contributed by atoms with E-state index in [2.05, 4.69) is 41.1 Å². The van der Waals surface area contributed by atoms with Gasteiger partial charge in [-0.15, -0.1) is 30.7 Å². The number of nitrogens with zero attached hydrogens (tertiary/aromatic N) is 4. The number of nitrogens with one attached hydrogen (secondary N) is 4. The van der Waals surface area contributed by atoms with E-state index in [0.717, 1.165) is 91.6 Å². The molecule has 2 saturated heterocycles. The molecule has 2 rings (SSSR count). The molecule has 2 fully saturated rings. The first-order valence-electron chi connectivity index (χ1n) is 12.8. The Bertz CT molecular complexity index is 647. The van der Waals surface area contributed by atoms with Crippen molar-refractivity contribution >= 4 is 11.9 Å². The maximum absolute atomic E-state index is 8.49. The summed E-state index contributed by atoms with van der Waals surface area (Å²) in [4.78, 5) is 12.7. The van der Waals surface area contributed by atoms with Crippen molar-refractivity contribution in [2.24, 2.45) is 32.9 Å². The third-order valence-corrected chi connectivity index (χ3v) is 4.80. The van der Waals surface area contributed by atoms with Crippen LogP contribution in [0.2, 0.25) is 0 Å². The van der Waals surface area contributed by atoms with E-state index in [9.17, 15) is 0 Å². The van der Waals surface area contributed by atoms with Crippen molar-refractivity contribution < 1.29 is 126 Å². The van der Waals surface area contributed by atoms with Gasteiger partial charge in [0.15, 0.2) is 11.9 Å². The molecule has 0 bridgehead atoms. The molecule has 30 heteroatoms. The van der Waals surface area contributed by atoms with Gasteiger partial charge in [0.1, 0.15) is 0 Å². The smallest absolute Gasteiger partial charge is 0.870 e. The van der Waals surface area contributed by atoms with Gasteiger partial charge in [0.25, 0.3) is 0 Å². The van der Waals surface area contributed by atoms with E-state index >= 15 is 0 Å². The SMILES string of the molecule is NC(N)=NCCN1CCNCCNCC1.NC(N)=NCCN1CCNCCNCC1.[Cu+2].[Cu+2].[O-][Cl+3]([O-])([O-])[O-].[O-][Cl+3]([O-])([O-])[O-].[O-][Cl+3]([O-])([O-])[O-].[OH-]. The second-order valence-electron chi connectivity index (χ2n) is 8.43. The Morgan fingerprint density at radius 2 is 0.646 bits per heavy atom. The van der Waals surface area contributed by atoms with Crippen LogP contribution in [-0.4, -0.2) is 132 Å². The fourth-order valence-electron chi connectivity index (χ4n) is 3.11. The van der Waals surface area contributed by atoms with Crippen LogP contribution in [0.3, 0.4) is 0 Å². The molecule has 48 heavy (non-hydrogen) atoms. The molecule has 0 aromatic rings. The molecular formula is C18H45Cl3Cu2N12O13. The van der Waals surface area contributed by atoms with Gasteiger partial charge in [-0.05, 0) is 0 Å². The summed E-state index contributed by atoms with van der Waals surface area (Å²) in [7, 11) is -14.8. The van der Waals surface area contributed by atoms with Crippen LogP contribution in [0.15, 0.2) is 9.98 Å². The van der Waals surface area contributed by atoms with Gasteiger partial charge in [0.2, 0.25) is 0 Å². The third kappa shape index (κ3) is 80.4. The van der Waals surface area contributed by atoms with Gasteiger partial charge in [-0.25, -0.2) is 55.9 Å². The monoisotopic (exact) mass is 868 g/mol. The van der Waals surface area contributed by atoms with E-state index in [1.807, 2.05) is 0 Å². The summed E-state index contributed by atoms with van der Waals surface area (Å²) in [6.07, 6.45) is 0. The van der Waals surface area contributed by atoms with E-state index in [0.29, 0.717) is 13.1 Å². The summed E-state index contributed by atoms with van der Waals surface area (Å²) in [5, 5.41) is 13.5. The molecule has 25 nitrogen and oxygen atoms in total. The minimum atomic E-state index is -4.94. The number of halogens is 3. The zero-order valence-corrected chi connectivity index (χ0v) is 29.6. The summed E-state index contributed by atoms with van der Waals surface area (Å²) in [5.74, 6) is 0.353. The van der Waals surface area contributed by atoms with Gasteiger partial charge in [-0.2, -0.15) is 0 Å². The number of nitrogens with two attached hydrogens (primary N) is 4. The van der Waals surface area contributed by atoms with Gasteiger partial charge < -0.3 is 49.7 Å². The topological polar surface area (TPSA) is 490 Å². The van der Waals surface area contributed by atoms with E-state index in [-0.39, 0.29) is 51.5 Å². The maximum atomic E-state index is 8.49.